The Balaban J connectivity index is 2.22. The minimum Gasteiger partial charge on any atom is -0.507 e. The van der Waals surface area contributed by atoms with E-state index in [-0.39, 0.29) is 5.75 Å². The van der Waals surface area contributed by atoms with Crippen molar-refractivity contribution in [2.75, 3.05) is 35.0 Å². The molecule has 174 valence electrons. The Hall–Kier alpha value is -3.72. The summed E-state index contributed by atoms with van der Waals surface area (Å²) in [5, 5.41) is 17.2. The lowest BCUT2D eigenvalue weighted by Gasteiger charge is -2.14. The third-order valence-corrected chi connectivity index (χ3v) is 5.70. The molecule has 0 saturated carbocycles. The van der Waals surface area contributed by atoms with Crippen LogP contribution in [0.3, 0.4) is 0 Å². The lowest BCUT2D eigenvalue weighted by Crippen LogP contribution is -2.14. The first kappa shape index (κ1) is 23.9. The molecule has 0 aliphatic rings. The topological polar surface area (TPSA) is 86.8 Å². The SMILES string of the molecule is C=CCN=c1scc(-c2cc(OC)c(OC)c(OC)c2)n1N=C(C)c1ccc(OC)cc1O. The minimum absolute atomic E-state index is 0.0744. The Morgan fingerprint density at radius 3 is 2.30 bits per heavy atom. The number of benzene rings is 2. The maximum absolute atomic E-state index is 10.5. The number of rotatable bonds is 9. The summed E-state index contributed by atoms with van der Waals surface area (Å²) in [6.07, 6.45) is 1.72. The van der Waals surface area contributed by atoms with Crippen molar-refractivity contribution in [1.29, 1.82) is 0 Å². The maximum atomic E-state index is 10.5. The second kappa shape index (κ2) is 10.7. The van der Waals surface area contributed by atoms with Gasteiger partial charge >= 0.3 is 0 Å². The van der Waals surface area contributed by atoms with Crippen molar-refractivity contribution in [3.63, 3.8) is 0 Å². The predicted molar refractivity (Wildman–Crippen MR) is 130 cm³/mol. The van der Waals surface area contributed by atoms with Crippen molar-refractivity contribution in [2.24, 2.45) is 10.1 Å². The van der Waals surface area contributed by atoms with Gasteiger partial charge in [-0.3, -0.25) is 4.99 Å². The monoisotopic (exact) mass is 469 g/mol. The molecule has 2 aromatic carbocycles. The second-order valence-electron chi connectivity index (χ2n) is 6.83. The second-order valence-corrected chi connectivity index (χ2v) is 7.66. The molecule has 0 bridgehead atoms. The number of aromatic hydroxyl groups is 1. The van der Waals surface area contributed by atoms with Crippen LogP contribution in [0.15, 0.2) is 58.5 Å². The zero-order chi connectivity index (χ0) is 24.0. The molecule has 0 atom stereocenters. The summed E-state index contributed by atoms with van der Waals surface area (Å²) in [5.41, 5.74) is 2.76. The van der Waals surface area contributed by atoms with E-state index >= 15 is 0 Å². The molecule has 0 saturated heterocycles. The number of phenolic OH excluding ortho intramolecular Hbond substituents is 1. The summed E-state index contributed by atoms with van der Waals surface area (Å²) in [4.78, 5) is 5.25. The highest BCUT2D eigenvalue weighted by molar-refractivity contribution is 7.07. The molecule has 0 aliphatic carbocycles. The van der Waals surface area contributed by atoms with Gasteiger partial charge in [-0.1, -0.05) is 6.08 Å². The molecule has 1 heterocycles. The van der Waals surface area contributed by atoms with Crippen molar-refractivity contribution in [3.05, 3.63) is 58.7 Å². The molecule has 9 heteroatoms. The lowest BCUT2D eigenvalue weighted by atomic mass is 10.1. The minimum atomic E-state index is 0.0744. The smallest absolute Gasteiger partial charge is 0.206 e. The Morgan fingerprint density at radius 2 is 1.76 bits per heavy atom. The number of phenols is 1. The van der Waals surface area contributed by atoms with Gasteiger partial charge in [0.2, 0.25) is 10.6 Å². The van der Waals surface area contributed by atoms with Crippen LogP contribution in [-0.2, 0) is 0 Å². The van der Waals surface area contributed by atoms with E-state index in [1.807, 2.05) is 24.4 Å². The summed E-state index contributed by atoms with van der Waals surface area (Å²) < 4.78 is 23.4. The van der Waals surface area contributed by atoms with Crippen LogP contribution in [0.1, 0.15) is 12.5 Å². The molecule has 0 fully saturated rings. The Kier molecular flexibility index (Phi) is 7.78. The first-order valence-corrected chi connectivity index (χ1v) is 10.9. The standard InChI is InChI=1S/C24H27N3O5S/c1-7-10-25-24-27(26-15(2)18-9-8-17(29-3)13-20(18)28)19(14-33-24)16-11-21(30-4)23(32-6)22(12-16)31-5/h7-9,11-14,28H,1,10H2,2-6H3. The normalized spacial score (nSPS) is 11.9. The molecule has 33 heavy (non-hydrogen) atoms. The van der Waals surface area contributed by atoms with Crippen LogP contribution < -0.4 is 23.7 Å². The van der Waals surface area contributed by atoms with Gasteiger partial charge in [-0.05, 0) is 31.2 Å². The molecule has 3 aromatic rings. The van der Waals surface area contributed by atoms with E-state index in [0.29, 0.717) is 45.6 Å². The van der Waals surface area contributed by atoms with Crippen LogP contribution >= 0.6 is 11.3 Å². The number of hydrogen-bond donors (Lipinski definition) is 1. The lowest BCUT2D eigenvalue weighted by molar-refractivity contribution is 0.324. The maximum Gasteiger partial charge on any atom is 0.206 e. The number of aromatic nitrogens is 1. The zero-order valence-corrected chi connectivity index (χ0v) is 20.1. The highest BCUT2D eigenvalue weighted by atomic mass is 32.1. The van der Waals surface area contributed by atoms with Crippen molar-refractivity contribution in [2.45, 2.75) is 6.92 Å². The Labute approximate surface area is 196 Å². The van der Waals surface area contributed by atoms with Crippen molar-refractivity contribution < 1.29 is 24.1 Å². The van der Waals surface area contributed by atoms with Gasteiger partial charge in [0.25, 0.3) is 0 Å². The molecule has 3 rings (SSSR count). The summed E-state index contributed by atoms with van der Waals surface area (Å²) in [6.45, 7) is 6.01. The van der Waals surface area contributed by atoms with E-state index in [0.717, 1.165) is 11.3 Å². The van der Waals surface area contributed by atoms with E-state index in [2.05, 4.69) is 11.6 Å². The Morgan fingerprint density at radius 1 is 1.06 bits per heavy atom. The van der Waals surface area contributed by atoms with Crippen LogP contribution in [-0.4, -0.2) is 50.5 Å². The summed E-state index contributed by atoms with van der Waals surface area (Å²) >= 11 is 1.44. The van der Waals surface area contributed by atoms with Gasteiger partial charge in [0.15, 0.2) is 11.5 Å². The quantitative estimate of drug-likeness (QED) is 0.373. The molecule has 1 N–H and O–H groups in total. The molecular formula is C24H27N3O5S. The van der Waals surface area contributed by atoms with E-state index < -0.39 is 0 Å². The fourth-order valence-corrected chi connectivity index (χ4v) is 4.06. The van der Waals surface area contributed by atoms with Gasteiger partial charge in [0, 0.05) is 22.6 Å². The van der Waals surface area contributed by atoms with Crippen LogP contribution in [0, 0.1) is 0 Å². The van der Waals surface area contributed by atoms with E-state index in [4.69, 9.17) is 24.0 Å². The third-order valence-electron chi connectivity index (χ3n) is 4.85. The molecule has 0 spiro atoms. The average Bonchev–Trinajstić information content (AvgIpc) is 3.23. The van der Waals surface area contributed by atoms with Crippen molar-refractivity contribution in [3.8, 4) is 40.0 Å². The van der Waals surface area contributed by atoms with Crippen LogP contribution in [0.25, 0.3) is 11.3 Å². The number of methoxy groups -OCH3 is 4. The number of thiazole rings is 1. The van der Waals surface area contributed by atoms with E-state index in [1.54, 1.807) is 57.4 Å². The molecule has 0 unspecified atom stereocenters. The van der Waals surface area contributed by atoms with E-state index in [1.165, 1.54) is 11.3 Å². The summed E-state index contributed by atoms with van der Waals surface area (Å²) in [5.74, 6) is 2.20. The highest BCUT2D eigenvalue weighted by Gasteiger charge is 2.17. The predicted octanol–water partition coefficient (Wildman–Crippen LogP) is 4.32. The highest BCUT2D eigenvalue weighted by Crippen LogP contribution is 2.41. The summed E-state index contributed by atoms with van der Waals surface area (Å²) in [6, 6.07) is 8.80. The van der Waals surface area contributed by atoms with Gasteiger partial charge in [-0.2, -0.15) is 5.10 Å². The Bertz CT molecular complexity index is 1220. The first-order chi connectivity index (χ1) is 16.0. The third kappa shape index (κ3) is 5.04. The van der Waals surface area contributed by atoms with Gasteiger partial charge in [0.05, 0.1) is 46.4 Å². The zero-order valence-electron chi connectivity index (χ0n) is 19.3. The van der Waals surface area contributed by atoms with Crippen LogP contribution in [0.5, 0.6) is 28.7 Å². The first-order valence-electron chi connectivity index (χ1n) is 10.0. The van der Waals surface area contributed by atoms with Gasteiger partial charge in [-0.15, -0.1) is 17.9 Å². The van der Waals surface area contributed by atoms with Crippen molar-refractivity contribution in [1.82, 2.24) is 4.68 Å². The largest absolute Gasteiger partial charge is 0.507 e. The molecule has 0 radical (unpaired) electrons. The molecule has 0 amide bonds. The van der Waals surface area contributed by atoms with Gasteiger partial charge in [0.1, 0.15) is 11.5 Å². The van der Waals surface area contributed by atoms with Gasteiger partial charge < -0.3 is 24.1 Å². The average molecular weight is 470 g/mol. The fourth-order valence-electron chi connectivity index (χ4n) is 3.22. The van der Waals surface area contributed by atoms with Crippen LogP contribution in [0.4, 0.5) is 0 Å². The number of hydrogen-bond acceptors (Lipinski definition) is 8. The van der Waals surface area contributed by atoms with E-state index in [9.17, 15) is 5.11 Å². The summed E-state index contributed by atoms with van der Waals surface area (Å²) in [7, 11) is 6.25. The number of ether oxygens (including phenoxy) is 4. The fraction of sp³-hybridized carbons (Fsp3) is 0.250. The molecule has 8 nitrogen and oxygen atoms in total. The van der Waals surface area contributed by atoms with Gasteiger partial charge in [-0.25, -0.2) is 4.68 Å². The molecular weight excluding hydrogens is 442 g/mol. The van der Waals surface area contributed by atoms with Crippen LogP contribution in [0.2, 0.25) is 0 Å². The molecule has 0 aliphatic heterocycles. The number of nitrogens with zero attached hydrogens (tertiary/aromatic N) is 3. The molecule has 1 aromatic heterocycles. The van der Waals surface area contributed by atoms with Crippen molar-refractivity contribution >= 4 is 17.0 Å².